The standard InChI is InChI=1S/C27H29N5O4S2/c1-18-4-3-10-31-24(18)29-23(28-9-11-30-12-14-36-15-13-30)21(25(31)33)16-22-26(34)32(27(37)38-22)17-19-5-7-20(35-2)8-6-19/h3-8,10,16,28H,9,11-15,17H2,1-2H3. The van der Waals surface area contributed by atoms with Crippen LogP contribution in [0.5, 0.6) is 5.75 Å². The second-order valence-electron chi connectivity index (χ2n) is 9.06. The summed E-state index contributed by atoms with van der Waals surface area (Å²) in [5.41, 5.74) is 2.48. The molecule has 2 fully saturated rings. The Morgan fingerprint density at radius 1 is 1.18 bits per heavy atom. The van der Waals surface area contributed by atoms with Crippen LogP contribution in [-0.4, -0.2) is 75.9 Å². The summed E-state index contributed by atoms with van der Waals surface area (Å²) in [7, 11) is 1.61. The van der Waals surface area contributed by atoms with E-state index in [0.717, 1.165) is 49.7 Å². The summed E-state index contributed by atoms with van der Waals surface area (Å²) in [6.45, 7) is 6.84. The first-order valence-electron chi connectivity index (χ1n) is 12.4. The Labute approximate surface area is 230 Å². The van der Waals surface area contributed by atoms with Crippen LogP contribution < -0.4 is 15.6 Å². The number of aromatic nitrogens is 2. The van der Waals surface area contributed by atoms with E-state index < -0.39 is 0 Å². The molecule has 0 spiro atoms. The first-order valence-corrected chi connectivity index (χ1v) is 13.6. The van der Waals surface area contributed by atoms with Gasteiger partial charge in [-0.05, 0) is 42.3 Å². The number of pyridine rings is 1. The van der Waals surface area contributed by atoms with Crippen molar-refractivity contribution in [2.45, 2.75) is 13.5 Å². The number of carbonyl (C=O) groups excluding carboxylic acids is 1. The van der Waals surface area contributed by atoms with Crippen LogP contribution in [0.15, 0.2) is 52.3 Å². The van der Waals surface area contributed by atoms with Crippen LogP contribution in [0.25, 0.3) is 11.7 Å². The van der Waals surface area contributed by atoms with Crippen molar-refractivity contribution in [2.75, 3.05) is 51.8 Å². The first-order chi connectivity index (χ1) is 18.4. The van der Waals surface area contributed by atoms with Crippen LogP contribution >= 0.6 is 24.0 Å². The minimum absolute atomic E-state index is 0.233. The van der Waals surface area contributed by atoms with Gasteiger partial charge in [0.1, 0.15) is 21.5 Å². The van der Waals surface area contributed by atoms with Gasteiger partial charge in [0.2, 0.25) is 0 Å². The van der Waals surface area contributed by atoms with E-state index >= 15 is 0 Å². The fourth-order valence-corrected chi connectivity index (χ4v) is 5.65. The van der Waals surface area contributed by atoms with E-state index in [2.05, 4.69) is 10.2 Å². The second kappa shape index (κ2) is 11.6. The highest BCUT2D eigenvalue weighted by atomic mass is 32.2. The molecule has 0 saturated carbocycles. The maximum Gasteiger partial charge on any atom is 0.267 e. The van der Waals surface area contributed by atoms with E-state index in [1.807, 2.05) is 43.3 Å². The molecule has 2 aliphatic heterocycles. The number of morpholine rings is 1. The fourth-order valence-electron chi connectivity index (χ4n) is 4.41. The average molecular weight is 552 g/mol. The zero-order valence-electron chi connectivity index (χ0n) is 21.3. The number of aryl methyl sites for hydroxylation is 1. The number of benzene rings is 1. The average Bonchev–Trinajstić information content (AvgIpc) is 3.19. The number of hydrogen-bond acceptors (Lipinski definition) is 9. The van der Waals surface area contributed by atoms with Crippen LogP contribution in [0.4, 0.5) is 5.82 Å². The number of carbonyl (C=O) groups is 1. The third-order valence-corrected chi connectivity index (χ3v) is 7.94. The van der Waals surface area contributed by atoms with Crippen LogP contribution in [0.3, 0.4) is 0 Å². The molecular weight excluding hydrogens is 522 g/mol. The van der Waals surface area contributed by atoms with Gasteiger partial charge in [0, 0.05) is 32.4 Å². The number of methoxy groups -OCH3 is 1. The highest BCUT2D eigenvalue weighted by molar-refractivity contribution is 8.26. The first kappa shape index (κ1) is 26.4. The number of hydrogen-bond donors (Lipinski definition) is 1. The quantitative estimate of drug-likeness (QED) is 0.335. The number of ether oxygens (including phenoxy) is 2. The Bertz CT molecular complexity index is 1450. The summed E-state index contributed by atoms with van der Waals surface area (Å²) in [4.78, 5) is 36.0. The number of nitrogens with zero attached hydrogens (tertiary/aromatic N) is 4. The number of rotatable bonds is 8. The monoisotopic (exact) mass is 551 g/mol. The van der Waals surface area contributed by atoms with Crippen molar-refractivity contribution >= 4 is 51.7 Å². The Kier molecular flexibility index (Phi) is 8.08. The number of nitrogens with one attached hydrogen (secondary N) is 1. The van der Waals surface area contributed by atoms with Gasteiger partial charge in [-0.1, -0.05) is 42.2 Å². The predicted molar refractivity (Wildman–Crippen MR) is 154 cm³/mol. The molecule has 2 aromatic heterocycles. The molecule has 3 aromatic rings. The number of amides is 1. The van der Waals surface area contributed by atoms with Gasteiger partial charge in [-0.25, -0.2) is 4.98 Å². The van der Waals surface area contributed by atoms with E-state index in [9.17, 15) is 9.59 Å². The highest BCUT2D eigenvalue weighted by Gasteiger charge is 2.32. The molecule has 2 saturated heterocycles. The van der Waals surface area contributed by atoms with Crippen molar-refractivity contribution < 1.29 is 14.3 Å². The Morgan fingerprint density at radius 3 is 2.68 bits per heavy atom. The molecule has 1 aromatic carbocycles. The lowest BCUT2D eigenvalue weighted by molar-refractivity contribution is -0.122. The molecule has 2 aliphatic rings. The van der Waals surface area contributed by atoms with Crippen LogP contribution in [0, 0.1) is 6.92 Å². The number of fused-ring (bicyclic) bond motifs is 1. The van der Waals surface area contributed by atoms with Gasteiger partial charge in [-0.3, -0.25) is 23.8 Å². The zero-order valence-corrected chi connectivity index (χ0v) is 22.9. The SMILES string of the molecule is COc1ccc(CN2C(=O)C(=Cc3c(NCCN4CCOCC4)nc4c(C)cccn4c3=O)SC2=S)cc1. The summed E-state index contributed by atoms with van der Waals surface area (Å²) in [5.74, 6) is 0.967. The Morgan fingerprint density at radius 2 is 1.95 bits per heavy atom. The van der Waals surface area contributed by atoms with E-state index in [1.54, 1.807) is 24.3 Å². The summed E-state index contributed by atoms with van der Waals surface area (Å²) >= 11 is 6.73. The molecule has 0 atom stereocenters. The fraction of sp³-hybridized carbons (Fsp3) is 0.333. The zero-order chi connectivity index (χ0) is 26.6. The molecule has 198 valence electrons. The van der Waals surface area contributed by atoms with Crippen LogP contribution in [-0.2, 0) is 16.1 Å². The molecule has 5 rings (SSSR count). The Hall–Kier alpha value is -3.25. The largest absolute Gasteiger partial charge is 0.497 e. The maximum absolute atomic E-state index is 13.6. The van der Waals surface area contributed by atoms with Gasteiger partial charge in [-0.2, -0.15) is 0 Å². The summed E-state index contributed by atoms with van der Waals surface area (Å²) in [5, 5.41) is 3.35. The predicted octanol–water partition coefficient (Wildman–Crippen LogP) is 3.16. The smallest absolute Gasteiger partial charge is 0.267 e. The molecule has 4 heterocycles. The van der Waals surface area contributed by atoms with E-state index in [0.29, 0.717) is 39.3 Å². The van der Waals surface area contributed by atoms with E-state index in [-0.39, 0.29) is 11.5 Å². The van der Waals surface area contributed by atoms with Crippen molar-refractivity contribution in [3.05, 3.63) is 74.5 Å². The minimum atomic E-state index is -0.243. The lowest BCUT2D eigenvalue weighted by Gasteiger charge is -2.26. The third kappa shape index (κ3) is 5.60. The van der Waals surface area contributed by atoms with Crippen LogP contribution in [0.1, 0.15) is 16.7 Å². The molecule has 11 heteroatoms. The summed E-state index contributed by atoms with van der Waals surface area (Å²) < 4.78 is 12.6. The molecule has 0 aliphatic carbocycles. The van der Waals surface area contributed by atoms with Gasteiger partial charge in [0.15, 0.2) is 0 Å². The number of thioether (sulfide) groups is 1. The minimum Gasteiger partial charge on any atom is -0.497 e. The van der Waals surface area contributed by atoms with Crippen molar-refractivity contribution in [3.8, 4) is 5.75 Å². The number of thiocarbonyl (C=S) groups is 1. The van der Waals surface area contributed by atoms with Gasteiger partial charge in [-0.15, -0.1) is 0 Å². The molecule has 9 nitrogen and oxygen atoms in total. The van der Waals surface area contributed by atoms with Gasteiger partial charge in [0.25, 0.3) is 11.5 Å². The summed E-state index contributed by atoms with van der Waals surface area (Å²) in [6.07, 6.45) is 3.32. The second-order valence-corrected chi connectivity index (χ2v) is 10.7. The Balaban J connectivity index is 1.43. The molecule has 0 unspecified atom stereocenters. The molecular formula is C27H29N5O4S2. The van der Waals surface area contributed by atoms with E-state index in [4.69, 9.17) is 26.7 Å². The topological polar surface area (TPSA) is 88.4 Å². The van der Waals surface area contributed by atoms with Gasteiger partial charge in [0.05, 0.1) is 37.3 Å². The molecule has 1 N–H and O–H groups in total. The molecule has 0 bridgehead atoms. The summed E-state index contributed by atoms with van der Waals surface area (Å²) in [6, 6.07) is 11.2. The molecule has 1 amide bonds. The molecule has 0 radical (unpaired) electrons. The van der Waals surface area contributed by atoms with Crippen molar-refractivity contribution in [3.63, 3.8) is 0 Å². The van der Waals surface area contributed by atoms with Gasteiger partial charge < -0.3 is 14.8 Å². The lowest BCUT2D eigenvalue weighted by Crippen LogP contribution is -2.39. The number of anilines is 1. The van der Waals surface area contributed by atoms with Crippen molar-refractivity contribution in [1.82, 2.24) is 19.2 Å². The maximum atomic E-state index is 13.6. The van der Waals surface area contributed by atoms with E-state index in [1.165, 1.54) is 16.2 Å². The third-order valence-electron chi connectivity index (χ3n) is 6.56. The van der Waals surface area contributed by atoms with Crippen molar-refractivity contribution in [2.24, 2.45) is 0 Å². The molecule has 38 heavy (non-hydrogen) atoms. The normalized spacial score (nSPS) is 17.5. The van der Waals surface area contributed by atoms with Gasteiger partial charge >= 0.3 is 0 Å². The van der Waals surface area contributed by atoms with Crippen LogP contribution in [0.2, 0.25) is 0 Å². The van der Waals surface area contributed by atoms with Crippen molar-refractivity contribution in [1.29, 1.82) is 0 Å². The lowest BCUT2D eigenvalue weighted by atomic mass is 10.2. The highest BCUT2D eigenvalue weighted by Crippen LogP contribution is 2.34.